The van der Waals surface area contributed by atoms with E-state index in [0.29, 0.717) is 6.42 Å². The van der Waals surface area contributed by atoms with Crippen molar-refractivity contribution in [3.63, 3.8) is 0 Å². The Kier molecular flexibility index (Phi) is 3.33. The van der Waals surface area contributed by atoms with Gasteiger partial charge in [0.1, 0.15) is 5.92 Å². The second kappa shape index (κ2) is 4.50. The molecule has 0 spiro atoms. The summed E-state index contributed by atoms with van der Waals surface area (Å²) in [7, 11) is 0. The van der Waals surface area contributed by atoms with Crippen LogP contribution in [0.25, 0.3) is 0 Å². The maximum atomic E-state index is 10.3. The molecule has 0 aromatic carbocycles. The van der Waals surface area contributed by atoms with Crippen molar-refractivity contribution in [3.05, 3.63) is 44.0 Å². The third kappa shape index (κ3) is 2.96. The topological polar surface area (TPSA) is 86.3 Å². The Morgan fingerprint density at radius 1 is 1.29 bits per heavy atom. The van der Waals surface area contributed by atoms with Crippen LogP contribution < -0.4 is 0 Å². The van der Waals surface area contributed by atoms with Gasteiger partial charge in [0.05, 0.1) is 0 Å². The molecule has 0 fully saturated rings. The number of nitrogens with zero attached hydrogens (tertiary/aromatic N) is 2. The van der Waals surface area contributed by atoms with Crippen molar-refractivity contribution in [3.8, 4) is 0 Å². The third-order valence-electron chi connectivity index (χ3n) is 2.06. The minimum atomic E-state index is -0.574. The van der Waals surface area contributed by atoms with Crippen LogP contribution >= 0.6 is 0 Å². The van der Waals surface area contributed by atoms with Crippen LogP contribution in [0, 0.1) is 26.1 Å². The van der Waals surface area contributed by atoms with E-state index >= 15 is 0 Å². The molecule has 1 rings (SSSR count). The lowest BCUT2D eigenvalue weighted by atomic mass is 9.98. The Morgan fingerprint density at radius 2 is 1.86 bits per heavy atom. The summed E-state index contributed by atoms with van der Waals surface area (Å²) in [5.41, 5.74) is 0.776. The van der Waals surface area contributed by atoms with Gasteiger partial charge in [-0.25, -0.2) is 0 Å². The zero-order valence-corrected chi connectivity index (χ0v) is 7.46. The lowest BCUT2D eigenvalue weighted by molar-refractivity contribution is -0.521. The summed E-state index contributed by atoms with van der Waals surface area (Å²) in [4.78, 5) is 19.6. The first kappa shape index (κ1) is 10.4. The molecule has 1 aliphatic rings. The lowest BCUT2D eigenvalue weighted by Crippen LogP contribution is -2.24. The van der Waals surface area contributed by atoms with E-state index in [0.717, 1.165) is 5.57 Å². The molecule has 14 heavy (non-hydrogen) atoms. The van der Waals surface area contributed by atoms with Gasteiger partial charge >= 0.3 is 0 Å². The Bertz CT molecular complexity index is 292. The Hall–Kier alpha value is -1.72. The van der Waals surface area contributed by atoms with Crippen molar-refractivity contribution in [1.29, 1.82) is 0 Å². The van der Waals surface area contributed by atoms with Crippen molar-refractivity contribution in [2.45, 2.75) is 6.42 Å². The summed E-state index contributed by atoms with van der Waals surface area (Å²) in [6.07, 6.45) is 5.91. The molecule has 0 atom stereocenters. The molecule has 0 N–H and O–H groups in total. The van der Waals surface area contributed by atoms with E-state index in [1.807, 2.05) is 6.08 Å². The van der Waals surface area contributed by atoms with Gasteiger partial charge in [0, 0.05) is 9.85 Å². The summed E-state index contributed by atoms with van der Waals surface area (Å²) in [5.74, 6) is -0.574. The molecule has 0 amide bonds. The molecule has 0 aromatic rings. The van der Waals surface area contributed by atoms with E-state index < -0.39 is 15.8 Å². The van der Waals surface area contributed by atoms with Crippen LogP contribution in [0.1, 0.15) is 6.42 Å². The molecule has 0 unspecified atom stereocenters. The van der Waals surface area contributed by atoms with Crippen LogP contribution in [0.2, 0.25) is 0 Å². The molecular formula is C8H10N2O4. The van der Waals surface area contributed by atoms with Crippen LogP contribution in [0.15, 0.2) is 23.8 Å². The SMILES string of the molecule is O=[N+]([O-])CC(C[N+](=O)[O-])C1=CC=CC1. The zero-order chi connectivity index (χ0) is 10.6. The maximum absolute atomic E-state index is 10.3. The van der Waals surface area contributed by atoms with Crippen molar-refractivity contribution in [1.82, 2.24) is 0 Å². The van der Waals surface area contributed by atoms with Crippen LogP contribution in [-0.2, 0) is 0 Å². The highest BCUT2D eigenvalue weighted by atomic mass is 16.6. The fourth-order valence-corrected chi connectivity index (χ4v) is 1.42. The maximum Gasteiger partial charge on any atom is 0.216 e. The fourth-order valence-electron chi connectivity index (χ4n) is 1.42. The molecule has 0 aliphatic heterocycles. The van der Waals surface area contributed by atoms with Gasteiger partial charge in [0.15, 0.2) is 0 Å². The largest absolute Gasteiger partial charge is 0.265 e. The average molecular weight is 198 g/mol. The van der Waals surface area contributed by atoms with Gasteiger partial charge in [0.2, 0.25) is 13.1 Å². The van der Waals surface area contributed by atoms with Gasteiger partial charge in [-0.05, 0) is 6.42 Å². The predicted molar refractivity (Wildman–Crippen MR) is 49.1 cm³/mol. The molecule has 6 heteroatoms. The smallest absolute Gasteiger partial charge is 0.216 e. The molecule has 0 aromatic heterocycles. The van der Waals surface area contributed by atoms with E-state index in [1.165, 1.54) is 0 Å². The van der Waals surface area contributed by atoms with Crippen LogP contribution in [-0.4, -0.2) is 22.9 Å². The van der Waals surface area contributed by atoms with Crippen molar-refractivity contribution in [2.75, 3.05) is 13.1 Å². The van der Waals surface area contributed by atoms with E-state index in [2.05, 4.69) is 0 Å². The fraction of sp³-hybridized carbons (Fsp3) is 0.500. The number of hydrogen-bond donors (Lipinski definition) is 0. The van der Waals surface area contributed by atoms with Gasteiger partial charge in [-0.2, -0.15) is 0 Å². The van der Waals surface area contributed by atoms with Gasteiger partial charge in [-0.15, -0.1) is 0 Å². The Balaban J connectivity index is 2.61. The highest BCUT2D eigenvalue weighted by molar-refractivity contribution is 5.25. The monoisotopic (exact) mass is 198 g/mol. The van der Waals surface area contributed by atoms with Crippen molar-refractivity contribution in [2.24, 2.45) is 5.92 Å². The number of hydrogen-bond acceptors (Lipinski definition) is 4. The molecular weight excluding hydrogens is 188 g/mol. The van der Waals surface area contributed by atoms with Gasteiger partial charge in [-0.1, -0.05) is 23.8 Å². The summed E-state index contributed by atoms with van der Waals surface area (Å²) in [5, 5.41) is 20.6. The summed E-state index contributed by atoms with van der Waals surface area (Å²) in [6.45, 7) is -0.733. The predicted octanol–water partition coefficient (Wildman–Crippen LogP) is 1.04. The highest BCUT2D eigenvalue weighted by Gasteiger charge is 2.25. The first-order valence-corrected chi connectivity index (χ1v) is 4.19. The molecule has 0 bridgehead atoms. The number of nitro groups is 2. The summed E-state index contributed by atoms with van der Waals surface area (Å²) >= 11 is 0. The molecule has 0 saturated carbocycles. The van der Waals surface area contributed by atoms with Crippen molar-refractivity contribution < 1.29 is 9.85 Å². The van der Waals surface area contributed by atoms with E-state index in [4.69, 9.17) is 0 Å². The van der Waals surface area contributed by atoms with E-state index in [-0.39, 0.29) is 13.1 Å². The van der Waals surface area contributed by atoms with Crippen LogP contribution in [0.3, 0.4) is 0 Å². The second-order valence-corrected chi connectivity index (χ2v) is 3.10. The third-order valence-corrected chi connectivity index (χ3v) is 2.06. The second-order valence-electron chi connectivity index (χ2n) is 3.10. The van der Waals surface area contributed by atoms with Crippen LogP contribution in [0.4, 0.5) is 0 Å². The molecule has 1 aliphatic carbocycles. The average Bonchev–Trinajstić information content (AvgIpc) is 2.52. The van der Waals surface area contributed by atoms with Gasteiger partial charge < -0.3 is 0 Å². The Labute approximate surface area is 80.2 Å². The minimum absolute atomic E-state index is 0.367. The first-order valence-electron chi connectivity index (χ1n) is 4.19. The van der Waals surface area contributed by atoms with Crippen LogP contribution in [0.5, 0.6) is 0 Å². The van der Waals surface area contributed by atoms with Gasteiger partial charge in [-0.3, -0.25) is 20.2 Å². The first-order chi connectivity index (χ1) is 6.59. The number of allylic oxidation sites excluding steroid dienone is 3. The van der Waals surface area contributed by atoms with Gasteiger partial charge in [0.25, 0.3) is 0 Å². The quantitative estimate of drug-likeness (QED) is 0.487. The molecule has 6 nitrogen and oxygen atoms in total. The molecule has 76 valence electrons. The van der Waals surface area contributed by atoms with Crippen molar-refractivity contribution >= 4 is 0 Å². The Morgan fingerprint density at radius 3 is 2.21 bits per heavy atom. The molecule has 0 heterocycles. The van der Waals surface area contributed by atoms with E-state index in [9.17, 15) is 20.2 Å². The highest BCUT2D eigenvalue weighted by Crippen LogP contribution is 2.20. The minimum Gasteiger partial charge on any atom is -0.265 e. The van der Waals surface area contributed by atoms with E-state index in [1.54, 1.807) is 12.2 Å². The standard InChI is InChI=1S/C8H10N2O4/c11-9(12)5-8(6-10(13)14)7-3-1-2-4-7/h1-3,8H,4-6H2. The molecule has 0 saturated heterocycles. The zero-order valence-electron chi connectivity index (χ0n) is 7.46. The summed E-state index contributed by atoms with van der Waals surface area (Å²) in [6, 6.07) is 0. The molecule has 0 radical (unpaired) electrons. The summed E-state index contributed by atoms with van der Waals surface area (Å²) < 4.78 is 0. The normalized spacial score (nSPS) is 14.5. The lowest BCUT2D eigenvalue weighted by Gasteiger charge is -2.08. The number of rotatable bonds is 5.